The Morgan fingerprint density at radius 2 is 2.00 bits per heavy atom. The number of halogens is 2. The number of aromatic nitrogens is 2. The maximum Gasteiger partial charge on any atom is 0.204 e. The van der Waals surface area contributed by atoms with Crippen molar-refractivity contribution < 1.29 is 8.78 Å². The molecule has 3 nitrogen and oxygen atoms in total. The molecule has 2 aromatic rings. The minimum atomic E-state index is -0.642. The number of nitrogens with zero attached hydrogens (tertiary/aromatic N) is 1. The van der Waals surface area contributed by atoms with Gasteiger partial charge in [-0.05, 0) is 25.5 Å². The van der Waals surface area contributed by atoms with Crippen LogP contribution in [0.2, 0.25) is 0 Å². The first-order valence-electron chi connectivity index (χ1n) is 4.81. The molecule has 0 atom stereocenters. The predicted octanol–water partition coefficient (Wildman–Crippen LogP) is 3.05. The van der Waals surface area contributed by atoms with Gasteiger partial charge in [-0.1, -0.05) is 6.07 Å². The Bertz CT molecular complexity index is 520. The molecule has 1 aromatic carbocycles. The van der Waals surface area contributed by atoms with Crippen LogP contribution in [-0.2, 0) is 0 Å². The smallest absolute Gasteiger partial charge is 0.204 e. The van der Waals surface area contributed by atoms with Gasteiger partial charge in [0, 0.05) is 11.9 Å². The van der Waals surface area contributed by atoms with Gasteiger partial charge >= 0.3 is 0 Å². The lowest BCUT2D eigenvalue weighted by Crippen LogP contribution is -2.00. The average molecular weight is 223 g/mol. The van der Waals surface area contributed by atoms with E-state index in [2.05, 4.69) is 15.3 Å². The highest BCUT2D eigenvalue weighted by Crippen LogP contribution is 2.24. The Hall–Kier alpha value is -1.91. The third kappa shape index (κ3) is 1.88. The highest BCUT2D eigenvalue weighted by molar-refractivity contribution is 5.56. The lowest BCUT2D eigenvalue weighted by molar-refractivity contribution is 0.584. The fourth-order valence-corrected chi connectivity index (χ4v) is 1.37. The van der Waals surface area contributed by atoms with Crippen molar-refractivity contribution in [2.45, 2.75) is 13.8 Å². The summed E-state index contributed by atoms with van der Waals surface area (Å²) in [5.41, 5.74) is 1.01. The lowest BCUT2D eigenvalue weighted by Gasteiger charge is -2.07. The summed E-state index contributed by atoms with van der Waals surface area (Å²) in [6.07, 6.45) is 1.58. The zero-order chi connectivity index (χ0) is 11.7. The number of anilines is 2. The summed E-state index contributed by atoms with van der Waals surface area (Å²) in [4.78, 5) is 6.77. The van der Waals surface area contributed by atoms with Crippen molar-refractivity contribution in [1.82, 2.24) is 9.97 Å². The Morgan fingerprint density at radius 1 is 1.25 bits per heavy atom. The topological polar surface area (TPSA) is 40.7 Å². The molecule has 0 aliphatic rings. The fraction of sp³-hybridized carbons (Fsp3) is 0.182. The number of benzene rings is 1. The molecule has 0 fully saturated rings. The summed E-state index contributed by atoms with van der Waals surface area (Å²) in [5.74, 6) is -0.924. The molecule has 0 spiro atoms. The van der Waals surface area contributed by atoms with Crippen LogP contribution in [0.4, 0.5) is 20.4 Å². The molecule has 5 heteroatoms. The van der Waals surface area contributed by atoms with Crippen LogP contribution < -0.4 is 5.32 Å². The zero-order valence-electron chi connectivity index (χ0n) is 8.94. The maximum absolute atomic E-state index is 13.6. The molecular weight excluding hydrogens is 212 g/mol. The third-order valence-corrected chi connectivity index (χ3v) is 2.23. The van der Waals surface area contributed by atoms with E-state index in [0.29, 0.717) is 11.5 Å². The van der Waals surface area contributed by atoms with E-state index in [1.165, 1.54) is 12.1 Å². The second-order valence-corrected chi connectivity index (χ2v) is 3.59. The van der Waals surface area contributed by atoms with Crippen LogP contribution in [0.15, 0.2) is 18.3 Å². The molecular formula is C11H11F2N3. The summed E-state index contributed by atoms with van der Waals surface area (Å²) >= 11 is 0. The number of imidazole rings is 1. The summed E-state index contributed by atoms with van der Waals surface area (Å²) in [6.45, 7) is 3.38. The highest BCUT2D eigenvalue weighted by atomic mass is 19.1. The zero-order valence-corrected chi connectivity index (χ0v) is 8.94. The molecule has 0 bridgehead atoms. The van der Waals surface area contributed by atoms with Crippen LogP contribution in [0, 0.1) is 25.5 Å². The van der Waals surface area contributed by atoms with Gasteiger partial charge in [0.2, 0.25) is 5.95 Å². The lowest BCUT2D eigenvalue weighted by atomic mass is 10.2. The van der Waals surface area contributed by atoms with Crippen LogP contribution in [-0.4, -0.2) is 9.97 Å². The standard InChI is InChI=1S/C11H11F2N3/c1-6-3-4-8(12)10(9(6)13)16-11-14-5-7(2)15-11/h3-5H,1-2H3,(H2,14,15,16). The van der Waals surface area contributed by atoms with E-state index in [1.54, 1.807) is 20.0 Å². The fourth-order valence-electron chi connectivity index (χ4n) is 1.37. The van der Waals surface area contributed by atoms with Crippen molar-refractivity contribution in [1.29, 1.82) is 0 Å². The summed E-state index contributed by atoms with van der Waals surface area (Å²) < 4.78 is 27.0. The van der Waals surface area contributed by atoms with E-state index < -0.39 is 11.6 Å². The molecule has 2 rings (SSSR count). The largest absolute Gasteiger partial charge is 0.328 e. The molecule has 1 aromatic heterocycles. The highest BCUT2D eigenvalue weighted by Gasteiger charge is 2.12. The SMILES string of the molecule is Cc1cnc(Nc2c(F)ccc(C)c2F)[nH]1. The summed E-state index contributed by atoms with van der Waals surface area (Å²) in [6, 6.07) is 2.61. The van der Waals surface area contributed by atoms with Crippen molar-refractivity contribution in [3.8, 4) is 0 Å². The summed E-state index contributed by atoms with van der Waals surface area (Å²) in [5, 5.41) is 2.59. The predicted molar refractivity (Wildman–Crippen MR) is 57.7 cm³/mol. The number of hydrogen-bond acceptors (Lipinski definition) is 2. The van der Waals surface area contributed by atoms with Gasteiger partial charge in [-0.15, -0.1) is 0 Å². The first kappa shape index (κ1) is 10.6. The molecule has 1 heterocycles. The number of aromatic amines is 1. The molecule has 0 radical (unpaired) electrons. The number of rotatable bonds is 2. The van der Waals surface area contributed by atoms with Gasteiger partial charge in [-0.2, -0.15) is 0 Å². The monoisotopic (exact) mass is 223 g/mol. The molecule has 16 heavy (non-hydrogen) atoms. The Morgan fingerprint density at radius 3 is 2.62 bits per heavy atom. The quantitative estimate of drug-likeness (QED) is 0.821. The molecule has 0 amide bonds. The van der Waals surface area contributed by atoms with Crippen LogP contribution in [0.1, 0.15) is 11.3 Å². The van der Waals surface area contributed by atoms with Crippen molar-refractivity contribution in [2.75, 3.05) is 5.32 Å². The number of aryl methyl sites for hydroxylation is 2. The van der Waals surface area contributed by atoms with Crippen LogP contribution in [0.3, 0.4) is 0 Å². The van der Waals surface area contributed by atoms with Gasteiger partial charge in [0.1, 0.15) is 11.5 Å². The molecule has 2 N–H and O–H groups in total. The van der Waals surface area contributed by atoms with Crippen molar-refractivity contribution in [3.63, 3.8) is 0 Å². The minimum absolute atomic E-state index is 0.186. The number of hydrogen-bond donors (Lipinski definition) is 2. The molecule has 0 aliphatic heterocycles. The van der Waals surface area contributed by atoms with Gasteiger partial charge in [0.05, 0.1) is 0 Å². The molecule has 84 valence electrons. The second kappa shape index (κ2) is 3.92. The van der Waals surface area contributed by atoms with Crippen molar-refractivity contribution >= 4 is 11.6 Å². The Balaban J connectivity index is 2.37. The first-order valence-corrected chi connectivity index (χ1v) is 4.81. The van der Waals surface area contributed by atoms with Gasteiger partial charge in [0.25, 0.3) is 0 Å². The molecule has 0 saturated heterocycles. The van der Waals surface area contributed by atoms with Crippen molar-refractivity contribution in [2.24, 2.45) is 0 Å². The van der Waals surface area contributed by atoms with Crippen molar-refractivity contribution in [3.05, 3.63) is 41.2 Å². The van der Waals surface area contributed by atoms with E-state index in [4.69, 9.17) is 0 Å². The van der Waals surface area contributed by atoms with Crippen LogP contribution >= 0.6 is 0 Å². The van der Waals surface area contributed by atoms with E-state index in [0.717, 1.165) is 5.69 Å². The Kier molecular flexibility index (Phi) is 2.60. The molecule has 0 saturated carbocycles. The van der Waals surface area contributed by atoms with Crippen LogP contribution in [0.5, 0.6) is 0 Å². The summed E-state index contributed by atoms with van der Waals surface area (Å²) in [7, 11) is 0. The maximum atomic E-state index is 13.6. The van der Waals surface area contributed by atoms with E-state index in [9.17, 15) is 8.78 Å². The van der Waals surface area contributed by atoms with Gasteiger partial charge in [-0.3, -0.25) is 0 Å². The van der Waals surface area contributed by atoms with Crippen LogP contribution in [0.25, 0.3) is 0 Å². The second-order valence-electron chi connectivity index (χ2n) is 3.59. The minimum Gasteiger partial charge on any atom is -0.328 e. The third-order valence-electron chi connectivity index (χ3n) is 2.23. The number of nitrogens with one attached hydrogen (secondary N) is 2. The molecule has 0 aliphatic carbocycles. The van der Waals surface area contributed by atoms with Gasteiger partial charge in [0.15, 0.2) is 5.82 Å². The normalized spacial score (nSPS) is 10.5. The number of H-pyrrole nitrogens is 1. The van der Waals surface area contributed by atoms with Gasteiger partial charge in [-0.25, -0.2) is 13.8 Å². The van der Waals surface area contributed by atoms with E-state index >= 15 is 0 Å². The Labute approximate surface area is 91.5 Å². The average Bonchev–Trinajstić information content (AvgIpc) is 2.65. The van der Waals surface area contributed by atoms with Gasteiger partial charge < -0.3 is 10.3 Å². The van der Waals surface area contributed by atoms with E-state index in [1.807, 2.05) is 0 Å². The molecule has 0 unspecified atom stereocenters. The first-order chi connectivity index (χ1) is 7.58. The van der Waals surface area contributed by atoms with E-state index in [-0.39, 0.29) is 5.69 Å².